The number of para-hydroxylation sites is 1. The zero-order chi connectivity index (χ0) is 27.3. The zero-order valence-electron chi connectivity index (χ0n) is 21.2. The van der Waals surface area contributed by atoms with Crippen LogP contribution >= 0.6 is 11.8 Å². The van der Waals surface area contributed by atoms with E-state index in [-0.39, 0.29) is 6.42 Å². The van der Waals surface area contributed by atoms with Gasteiger partial charge in [-0.15, -0.1) is 0 Å². The SMILES string of the molecule is COC(=O)C(CCN1CCN(CCCN2c3ccccc3Sc3ccc(C(F)(F)F)cc32)CC1)CC(=O)O. The minimum atomic E-state index is -4.40. The number of piperazine rings is 1. The van der Waals surface area contributed by atoms with Crippen molar-refractivity contribution >= 4 is 35.1 Å². The number of alkyl halides is 3. The van der Waals surface area contributed by atoms with Crippen LogP contribution in [0.25, 0.3) is 0 Å². The highest BCUT2D eigenvalue weighted by atomic mass is 32.2. The molecule has 7 nitrogen and oxygen atoms in total. The Bertz CT molecular complexity index is 1140. The van der Waals surface area contributed by atoms with Gasteiger partial charge in [-0.3, -0.25) is 9.59 Å². The number of hydrogen-bond acceptors (Lipinski definition) is 7. The molecule has 206 valence electrons. The van der Waals surface area contributed by atoms with Crippen LogP contribution in [0.5, 0.6) is 0 Å². The quantitative estimate of drug-likeness (QED) is 0.415. The second-order valence-electron chi connectivity index (χ2n) is 9.55. The monoisotopic (exact) mass is 551 g/mol. The zero-order valence-corrected chi connectivity index (χ0v) is 22.1. The topological polar surface area (TPSA) is 73.3 Å². The summed E-state index contributed by atoms with van der Waals surface area (Å²) < 4.78 is 45.0. The van der Waals surface area contributed by atoms with Gasteiger partial charge >= 0.3 is 18.1 Å². The molecule has 1 unspecified atom stereocenters. The first-order chi connectivity index (χ1) is 18.2. The molecule has 1 fully saturated rings. The fraction of sp³-hybridized carbons (Fsp3) is 0.481. The van der Waals surface area contributed by atoms with Crippen LogP contribution in [-0.2, 0) is 20.5 Å². The molecule has 2 aromatic rings. The summed E-state index contributed by atoms with van der Waals surface area (Å²) in [5.41, 5.74) is 0.876. The van der Waals surface area contributed by atoms with Crippen molar-refractivity contribution in [1.82, 2.24) is 9.80 Å². The summed E-state index contributed by atoms with van der Waals surface area (Å²) in [6.45, 7) is 5.33. The Kier molecular flexibility index (Phi) is 9.22. The van der Waals surface area contributed by atoms with Gasteiger partial charge in [0, 0.05) is 42.5 Å². The van der Waals surface area contributed by atoms with Crippen molar-refractivity contribution in [3.63, 3.8) is 0 Å². The summed E-state index contributed by atoms with van der Waals surface area (Å²) in [6, 6.07) is 11.8. The van der Waals surface area contributed by atoms with Crippen LogP contribution in [0.3, 0.4) is 0 Å². The van der Waals surface area contributed by atoms with Gasteiger partial charge in [0.2, 0.25) is 0 Å². The van der Waals surface area contributed by atoms with Crippen molar-refractivity contribution in [2.75, 3.05) is 57.8 Å². The predicted molar refractivity (Wildman–Crippen MR) is 139 cm³/mol. The maximum Gasteiger partial charge on any atom is 0.416 e. The maximum atomic E-state index is 13.4. The largest absolute Gasteiger partial charge is 0.481 e. The highest BCUT2D eigenvalue weighted by molar-refractivity contribution is 7.99. The van der Waals surface area contributed by atoms with E-state index in [1.807, 2.05) is 29.2 Å². The summed E-state index contributed by atoms with van der Waals surface area (Å²) in [4.78, 5) is 31.3. The molecule has 2 aliphatic rings. The Balaban J connectivity index is 1.31. The van der Waals surface area contributed by atoms with Gasteiger partial charge in [0.1, 0.15) is 0 Å². The summed E-state index contributed by atoms with van der Waals surface area (Å²) in [6.07, 6.45) is -3.41. The molecule has 0 radical (unpaired) electrons. The number of fused-ring (bicyclic) bond motifs is 2. The van der Waals surface area contributed by atoms with Crippen LogP contribution in [0.1, 0.15) is 24.8 Å². The van der Waals surface area contributed by atoms with Crippen LogP contribution in [0.2, 0.25) is 0 Å². The molecule has 0 spiro atoms. The van der Waals surface area contributed by atoms with E-state index in [0.29, 0.717) is 25.2 Å². The van der Waals surface area contributed by atoms with E-state index in [2.05, 4.69) is 9.80 Å². The first-order valence-corrected chi connectivity index (χ1v) is 13.5. The Labute approximate surface area is 224 Å². The minimum Gasteiger partial charge on any atom is -0.481 e. The van der Waals surface area contributed by atoms with Gasteiger partial charge in [0.25, 0.3) is 0 Å². The number of carboxylic acids is 1. The molecular weight excluding hydrogens is 519 g/mol. The average molecular weight is 552 g/mol. The van der Waals surface area contributed by atoms with E-state index in [4.69, 9.17) is 9.84 Å². The first-order valence-electron chi connectivity index (χ1n) is 12.7. The molecule has 1 N–H and O–H groups in total. The second kappa shape index (κ2) is 12.4. The van der Waals surface area contributed by atoms with Crippen molar-refractivity contribution in [3.8, 4) is 0 Å². The fourth-order valence-electron chi connectivity index (χ4n) is 4.95. The lowest BCUT2D eigenvalue weighted by atomic mass is 10.0. The van der Waals surface area contributed by atoms with E-state index < -0.39 is 29.6 Å². The number of nitrogens with zero attached hydrogens (tertiary/aromatic N) is 3. The molecule has 1 atom stereocenters. The minimum absolute atomic E-state index is 0.238. The Morgan fingerprint density at radius 3 is 2.29 bits per heavy atom. The number of hydrogen-bond donors (Lipinski definition) is 1. The van der Waals surface area contributed by atoms with E-state index in [1.165, 1.54) is 24.9 Å². The van der Waals surface area contributed by atoms with Crippen LogP contribution in [0, 0.1) is 5.92 Å². The molecule has 0 amide bonds. The third kappa shape index (κ3) is 7.00. The van der Waals surface area contributed by atoms with Crippen molar-refractivity contribution in [2.45, 2.75) is 35.2 Å². The van der Waals surface area contributed by atoms with Crippen LogP contribution < -0.4 is 4.90 Å². The number of carboxylic acid groups (broad SMARTS) is 1. The van der Waals surface area contributed by atoms with Crippen LogP contribution in [-0.4, -0.2) is 79.8 Å². The number of methoxy groups -OCH3 is 1. The van der Waals surface area contributed by atoms with Crippen LogP contribution in [0.15, 0.2) is 52.3 Å². The molecule has 4 rings (SSSR count). The number of rotatable bonds is 10. The number of carbonyl (C=O) groups is 2. The van der Waals surface area contributed by atoms with Gasteiger partial charge in [-0.1, -0.05) is 23.9 Å². The standard InChI is InChI=1S/C27H32F3N3O4S/c1-37-26(36)19(17-25(34)35)9-12-32-15-13-31(14-16-32)10-4-11-33-21-5-2-3-6-23(21)38-24-8-7-20(18-22(24)33)27(28,29)30/h2-3,5-8,18-19H,4,9-17H2,1H3,(H,34,35). The summed E-state index contributed by atoms with van der Waals surface area (Å²) in [5.74, 6) is -2.16. The van der Waals surface area contributed by atoms with Crippen molar-refractivity contribution in [3.05, 3.63) is 48.0 Å². The molecule has 11 heteroatoms. The van der Waals surface area contributed by atoms with Gasteiger partial charge in [-0.25, -0.2) is 0 Å². The van der Waals surface area contributed by atoms with Crippen molar-refractivity contribution in [1.29, 1.82) is 0 Å². The van der Waals surface area contributed by atoms with E-state index >= 15 is 0 Å². The maximum absolute atomic E-state index is 13.4. The number of aliphatic carboxylic acids is 1. The van der Waals surface area contributed by atoms with E-state index in [0.717, 1.165) is 60.7 Å². The summed E-state index contributed by atoms with van der Waals surface area (Å²) in [5, 5.41) is 9.05. The van der Waals surface area contributed by atoms with E-state index in [1.54, 1.807) is 6.07 Å². The van der Waals surface area contributed by atoms with Crippen molar-refractivity contribution in [2.24, 2.45) is 5.92 Å². The lowest BCUT2D eigenvalue weighted by Gasteiger charge is -2.36. The van der Waals surface area contributed by atoms with Gasteiger partial charge in [-0.05, 0) is 56.3 Å². The summed E-state index contributed by atoms with van der Waals surface area (Å²) >= 11 is 1.49. The predicted octanol–water partition coefficient (Wildman–Crippen LogP) is 4.97. The lowest BCUT2D eigenvalue weighted by Crippen LogP contribution is -2.47. The lowest BCUT2D eigenvalue weighted by molar-refractivity contribution is -0.151. The Hall–Kier alpha value is -2.76. The number of ether oxygens (including phenoxy) is 1. The smallest absolute Gasteiger partial charge is 0.416 e. The fourth-order valence-corrected chi connectivity index (χ4v) is 6.03. The molecule has 2 aromatic carbocycles. The number of halogens is 3. The van der Waals surface area contributed by atoms with Crippen LogP contribution in [0.4, 0.5) is 24.5 Å². The molecule has 2 aliphatic heterocycles. The van der Waals surface area contributed by atoms with Gasteiger partial charge in [0.05, 0.1) is 36.4 Å². The van der Waals surface area contributed by atoms with Gasteiger partial charge in [-0.2, -0.15) is 13.2 Å². The summed E-state index contributed by atoms with van der Waals surface area (Å²) in [7, 11) is 1.27. The number of anilines is 2. The number of benzene rings is 2. The van der Waals surface area contributed by atoms with Gasteiger partial charge in [0.15, 0.2) is 0 Å². The molecule has 38 heavy (non-hydrogen) atoms. The second-order valence-corrected chi connectivity index (χ2v) is 10.6. The highest BCUT2D eigenvalue weighted by Gasteiger charge is 2.33. The molecular formula is C27H32F3N3O4S. The molecule has 0 saturated carbocycles. The first kappa shape index (κ1) is 28.3. The molecule has 0 aliphatic carbocycles. The Morgan fingerprint density at radius 2 is 1.63 bits per heavy atom. The molecule has 0 bridgehead atoms. The normalized spacial score (nSPS) is 17.0. The number of carbonyl (C=O) groups excluding carboxylic acids is 1. The van der Waals surface area contributed by atoms with Crippen molar-refractivity contribution < 1.29 is 32.6 Å². The number of esters is 1. The third-order valence-electron chi connectivity index (χ3n) is 7.02. The van der Waals surface area contributed by atoms with Gasteiger partial charge < -0.3 is 24.5 Å². The third-order valence-corrected chi connectivity index (χ3v) is 8.15. The molecule has 1 saturated heterocycles. The highest BCUT2D eigenvalue weighted by Crippen LogP contribution is 2.49. The molecule has 2 heterocycles. The molecule has 0 aromatic heterocycles. The average Bonchev–Trinajstić information content (AvgIpc) is 2.90. The Morgan fingerprint density at radius 1 is 0.974 bits per heavy atom. The van der Waals surface area contributed by atoms with E-state index in [9.17, 15) is 22.8 Å².